The lowest BCUT2D eigenvalue weighted by Crippen LogP contribution is -2.32. The zero-order valence-corrected chi connectivity index (χ0v) is 12.8. The maximum absolute atomic E-state index is 6.04. The molecule has 2 aromatic rings. The molecule has 0 saturated heterocycles. The van der Waals surface area contributed by atoms with Gasteiger partial charge in [-0.25, -0.2) is 4.98 Å². The number of hydrogen-bond acceptors (Lipinski definition) is 5. The van der Waals surface area contributed by atoms with Crippen LogP contribution in [0.1, 0.15) is 17.5 Å². The standard InChI is InChI=1S/C13H17ClN4S/c1-8(7-10-5-4-6-19-10)18(3)12-11(15)9(2)16-13(14)17-12/h4-6,8H,7,15H2,1-3H3. The minimum absolute atomic E-state index is 0.233. The molecule has 2 N–H and O–H groups in total. The number of nitrogens with two attached hydrogens (primary N) is 1. The maximum atomic E-state index is 6.04. The molecule has 0 radical (unpaired) electrons. The van der Waals surface area contributed by atoms with E-state index in [-0.39, 0.29) is 11.3 Å². The molecule has 1 atom stereocenters. The Bertz CT molecular complexity index is 556. The SMILES string of the molecule is Cc1nc(Cl)nc(N(C)C(C)Cc2cccs2)c1N. The van der Waals surface area contributed by atoms with Crippen LogP contribution < -0.4 is 10.6 Å². The predicted octanol–water partition coefficient (Wildman–Crippen LogP) is 3.15. The van der Waals surface area contributed by atoms with Crippen LogP contribution in [0.15, 0.2) is 17.5 Å². The van der Waals surface area contributed by atoms with Crippen molar-refractivity contribution in [2.45, 2.75) is 26.3 Å². The second-order valence-electron chi connectivity index (χ2n) is 4.56. The molecule has 2 aromatic heterocycles. The van der Waals surface area contributed by atoms with Crippen molar-refractivity contribution < 1.29 is 0 Å². The summed E-state index contributed by atoms with van der Waals surface area (Å²) in [5.74, 6) is 0.696. The van der Waals surface area contributed by atoms with Crippen molar-refractivity contribution >= 4 is 34.4 Å². The Morgan fingerprint density at radius 3 is 2.84 bits per heavy atom. The predicted molar refractivity (Wildman–Crippen MR) is 82.1 cm³/mol. The summed E-state index contributed by atoms with van der Waals surface area (Å²) in [6.07, 6.45) is 0.953. The van der Waals surface area contributed by atoms with E-state index in [1.54, 1.807) is 11.3 Å². The van der Waals surface area contributed by atoms with Crippen molar-refractivity contribution in [3.8, 4) is 0 Å². The third kappa shape index (κ3) is 3.16. The second kappa shape index (κ2) is 5.75. The molecular formula is C13H17ClN4S. The van der Waals surface area contributed by atoms with Gasteiger partial charge in [-0.15, -0.1) is 11.3 Å². The largest absolute Gasteiger partial charge is 0.394 e. The summed E-state index contributed by atoms with van der Waals surface area (Å²) >= 11 is 7.67. The second-order valence-corrected chi connectivity index (χ2v) is 5.93. The summed E-state index contributed by atoms with van der Waals surface area (Å²) < 4.78 is 0. The van der Waals surface area contributed by atoms with Crippen molar-refractivity contribution in [1.29, 1.82) is 0 Å². The first-order valence-electron chi connectivity index (χ1n) is 6.04. The topological polar surface area (TPSA) is 55.0 Å². The van der Waals surface area contributed by atoms with Gasteiger partial charge in [-0.1, -0.05) is 6.07 Å². The number of likely N-dealkylation sites (N-methyl/N-ethyl adjacent to an activating group) is 1. The lowest BCUT2D eigenvalue weighted by molar-refractivity contribution is 0.680. The number of aromatic nitrogens is 2. The molecule has 0 aromatic carbocycles. The molecule has 2 rings (SSSR count). The molecule has 0 spiro atoms. The first-order chi connectivity index (χ1) is 8.99. The first kappa shape index (κ1) is 14.1. The molecule has 0 aliphatic heterocycles. The van der Waals surface area contributed by atoms with Gasteiger partial charge in [-0.2, -0.15) is 4.98 Å². The van der Waals surface area contributed by atoms with Crippen molar-refractivity contribution in [3.63, 3.8) is 0 Å². The zero-order valence-electron chi connectivity index (χ0n) is 11.2. The molecule has 1 unspecified atom stereocenters. The summed E-state index contributed by atoms with van der Waals surface area (Å²) in [4.78, 5) is 11.7. The Morgan fingerprint density at radius 1 is 1.47 bits per heavy atom. The summed E-state index contributed by atoms with van der Waals surface area (Å²) in [5, 5.41) is 2.32. The van der Waals surface area contributed by atoms with E-state index in [4.69, 9.17) is 17.3 Å². The van der Waals surface area contributed by atoms with Gasteiger partial charge < -0.3 is 10.6 Å². The number of anilines is 2. The van der Waals surface area contributed by atoms with Gasteiger partial charge in [0.05, 0.1) is 11.4 Å². The van der Waals surface area contributed by atoms with E-state index in [0.717, 1.165) is 6.42 Å². The highest BCUT2D eigenvalue weighted by Gasteiger charge is 2.17. The Labute approximate surface area is 122 Å². The molecule has 0 saturated carbocycles. The van der Waals surface area contributed by atoms with Crippen molar-refractivity contribution in [2.75, 3.05) is 17.7 Å². The van der Waals surface area contributed by atoms with Crippen LogP contribution in [0.5, 0.6) is 0 Å². The van der Waals surface area contributed by atoms with Crippen molar-refractivity contribution in [2.24, 2.45) is 0 Å². The number of nitrogens with zero attached hydrogens (tertiary/aromatic N) is 3. The molecule has 0 aliphatic carbocycles. The normalized spacial score (nSPS) is 12.4. The quantitative estimate of drug-likeness (QED) is 0.881. The van der Waals surface area contributed by atoms with Gasteiger partial charge in [0, 0.05) is 24.4 Å². The lowest BCUT2D eigenvalue weighted by atomic mass is 10.2. The average Bonchev–Trinajstić information content (AvgIpc) is 2.85. The number of thiophene rings is 1. The Hall–Kier alpha value is -1.33. The highest BCUT2D eigenvalue weighted by atomic mass is 35.5. The average molecular weight is 297 g/mol. The summed E-state index contributed by atoms with van der Waals surface area (Å²) in [6, 6.07) is 4.48. The van der Waals surface area contributed by atoms with E-state index in [1.165, 1.54) is 4.88 Å². The minimum Gasteiger partial charge on any atom is -0.394 e. The van der Waals surface area contributed by atoms with E-state index in [9.17, 15) is 0 Å². The number of nitrogen functional groups attached to an aromatic ring is 1. The monoisotopic (exact) mass is 296 g/mol. The van der Waals surface area contributed by atoms with Crippen LogP contribution in [0.25, 0.3) is 0 Å². The van der Waals surface area contributed by atoms with Gasteiger partial charge in [-0.3, -0.25) is 0 Å². The van der Waals surface area contributed by atoms with Gasteiger partial charge in [0.25, 0.3) is 0 Å². The molecule has 4 nitrogen and oxygen atoms in total. The van der Waals surface area contributed by atoms with Crippen LogP contribution in [0, 0.1) is 6.92 Å². The third-order valence-electron chi connectivity index (χ3n) is 3.16. The van der Waals surface area contributed by atoms with Crippen LogP contribution in [-0.4, -0.2) is 23.1 Å². The molecule has 0 aliphatic rings. The number of hydrogen-bond donors (Lipinski definition) is 1. The van der Waals surface area contributed by atoms with Gasteiger partial charge in [0.2, 0.25) is 5.28 Å². The zero-order chi connectivity index (χ0) is 14.0. The number of aryl methyl sites for hydroxylation is 1. The first-order valence-corrected chi connectivity index (χ1v) is 7.29. The third-order valence-corrected chi connectivity index (χ3v) is 4.23. The molecule has 0 fully saturated rings. The van der Waals surface area contributed by atoms with E-state index >= 15 is 0 Å². The van der Waals surface area contributed by atoms with Gasteiger partial charge >= 0.3 is 0 Å². The fraction of sp³-hybridized carbons (Fsp3) is 0.385. The molecule has 19 heavy (non-hydrogen) atoms. The van der Waals surface area contributed by atoms with Gasteiger partial charge in [0.1, 0.15) is 0 Å². The maximum Gasteiger partial charge on any atom is 0.224 e. The lowest BCUT2D eigenvalue weighted by Gasteiger charge is -2.27. The van der Waals surface area contributed by atoms with Crippen LogP contribution in [-0.2, 0) is 6.42 Å². The van der Waals surface area contributed by atoms with E-state index < -0.39 is 0 Å². The Morgan fingerprint density at radius 2 is 2.21 bits per heavy atom. The fourth-order valence-electron chi connectivity index (χ4n) is 1.87. The minimum atomic E-state index is 0.233. The highest BCUT2D eigenvalue weighted by Crippen LogP contribution is 2.26. The molecule has 2 heterocycles. The van der Waals surface area contributed by atoms with Crippen molar-refractivity contribution in [1.82, 2.24) is 9.97 Å². The molecule has 0 amide bonds. The van der Waals surface area contributed by atoms with E-state index in [1.807, 2.05) is 14.0 Å². The van der Waals surface area contributed by atoms with Gasteiger partial charge in [0.15, 0.2) is 5.82 Å². The summed E-state index contributed by atoms with van der Waals surface area (Å²) in [5.41, 5.74) is 7.34. The summed E-state index contributed by atoms with van der Waals surface area (Å²) in [6.45, 7) is 3.98. The fourth-order valence-corrected chi connectivity index (χ4v) is 2.90. The smallest absolute Gasteiger partial charge is 0.224 e. The van der Waals surface area contributed by atoms with Crippen LogP contribution in [0.4, 0.5) is 11.5 Å². The molecule has 102 valence electrons. The van der Waals surface area contributed by atoms with Crippen LogP contribution in [0.3, 0.4) is 0 Å². The number of rotatable bonds is 4. The van der Waals surface area contributed by atoms with E-state index in [0.29, 0.717) is 17.2 Å². The molecular weight excluding hydrogens is 280 g/mol. The molecule has 6 heteroatoms. The van der Waals surface area contributed by atoms with Crippen molar-refractivity contribution in [3.05, 3.63) is 33.4 Å². The highest BCUT2D eigenvalue weighted by molar-refractivity contribution is 7.09. The summed E-state index contributed by atoms with van der Waals surface area (Å²) in [7, 11) is 1.98. The molecule has 0 bridgehead atoms. The van der Waals surface area contributed by atoms with Crippen LogP contribution in [0.2, 0.25) is 5.28 Å². The Balaban J connectivity index is 2.21. The van der Waals surface area contributed by atoms with E-state index in [2.05, 4.69) is 39.3 Å². The van der Waals surface area contributed by atoms with Gasteiger partial charge in [-0.05, 0) is 36.9 Å². The van der Waals surface area contributed by atoms with Crippen LogP contribution >= 0.6 is 22.9 Å². The Kier molecular flexibility index (Phi) is 4.27. The number of halogens is 1.